The van der Waals surface area contributed by atoms with Crippen LogP contribution in [0.3, 0.4) is 0 Å². The van der Waals surface area contributed by atoms with Crippen LogP contribution in [-0.4, -0.2) is 54.1 Å². The second-order valence-electron chi connectivity index (χ2n) is 10.7. The molecule has 3 unspecified atom stereocenters. The minimum absolute atomic E-state index is 0.000565. The van der Waals surface area contributed by atoms with Gasteiger partial charge in [-0.2, -0.15) is 0 Å². The fourth-order valence-electron chi connectivity index (χ4n) is 4.92. The quantitative estimate of drug-likeness (QED) is 0.283. The van der Waals surface area contributed by atoms with Gasteiger partial charge in [-0.25, -0.2) is 0 Å². The molecular formula is C28H38N4O5. The van der Waals surface area contributed by atoms with Gasteiger partial charge in [0.15, 0.2) is 0 Å². The molecule has 1 aromatic carbocycles. The van der Waals surface area contributed by atoms with Gasteiger partial charge in [0.2, 0.25) is 23.5 Å². The van der Waals surface area contributed by atoms with E-state index in [0.717, 1.165) is 37.7 Å². The lowest BCUT2D eigenvalue weighted by atomic mass is 9.92. The number of nitrogens with one attached hydrogen (secondary N) is 4. The molecule has 2 aliphatic carbocycles. The average Bonchev–Trinajstić information content (AvgIpc) is 3.83. The van der Waals surface area contributed by atoms with Gasteiger partial charge in [0.05, 0.1) is 6.04 Å². The van der Waals surface area contributed by atoms with Gasteiger partial charge in [-0.05, 0) is 55.9 Å². The van der Waals surface area contributed by atoms with Gasteiger partial charge in [0, 0.05) is 24.9 Å². The summed E-state index contributed by atoms with van der Waals surface area (Å²) in [5, 5.41) is 11.1. The summed E-state index contributed by atoms with van der Waals surface area (Å²) in [7, 11) is 0. The molecule has 2 saturated carbocycles. The third-order valence-corrected chi connectivity index (χ3v) is 7.57. The van der Waals surface area contributed by atoms with Crippen LogP contribution in [0.5, 0.6) is 0 Å². The number of Topliss-reactive ketones (excluding diaryl/α,β-unsaturated/α-hetero) is 1. The molecule has 0 bridgehead atoms. The highest BCUT2D eigenvalue weighted by atomic mass is 16.2. The largest absolute Gasteiger partial charge is 0.356 e. The van der Waals surface area contributed by atoms with E-state index in [4.69, 9.17) is 0 Å². The molecule has 4 atom stereocenters. The van der Waals surface area contributed by atoms with Crippen LogP contribution in [-0.2, 0) is 24.0 Å². The van der Waals surface area contributed by atoms with Crippen LogP contribution in [0.1, 0.15) is 76.2 Å². The van der Waals surface area contributed by atoms with Crippen molar-refractivity contribution in [3.8, 4) is 0 Å². The number of carbonyl (C=O) groups excluding carboxylic acids is 5. The molecule has 3 aliphatic rings. The molecular weight excluding hydrogens is 472 g/mol. The molecule has 9 heteroatoms. The van der Waals surface area contributed by atoms with Crippen molar-refractivity contribution < 1.29 is 24.0 Å². The number of carbonyl (C=O) groups is 5. The molecule has 0 aromatic heterocycles. The fourth-order valence-corrected chi connectivity index (χ4v) is 4.92. The SMILES string of the molecule is CCC(CC(=O)NC(CC1CC1)C(=O)NC(C[C@@H]1CCNC1=O)C(=O)C(=O)NC1CC1)c1ccccc1. The molecule has 9 nitrogen and oxygen atoms in total. The summed E-state index contributed by atoms with van der Waals surface area (Å²) in [5.74, 6) is -2.42. The number of ketones is 1. The topological polar surface area (TPSA) is 133 Å². The Labute approximate surface area is 217 Å². The first kappa shape index (κ1) is 26.8. The lowest BCUT2D eigenvalue weighted by Crippen LogP contribution is -2.55. The van der Waals surface area contributed by atoms with Crippen molar-refractivity contribution in [1.29, 1.82) is 0 Å². The van der Waals surface area contributed by atoms with Crippen molar-refractivity contribution in [2.24, 2.45) is 11.8 Å². The van der Waals surface area contributed by atoms with Gasteiger partial charge in [0.1, 0.15) is 6.04 Å². The summed E-state index contributed by atoms with van der Waals surface area (Å²) in [6, 6.07) is 7.90. The number of rotatable bonds is 14. The lowest BCUT2D eigenvalue weighted by Gasteiger charge is -2.24. The number of benzene rings is 1. The Morgan fingerprint density at radius 2 is 1.68 bits per heavy atom. The number of hydrogen-bond donors (Lipinski definition) is 4. The Hall–Kier alpha value is -3.23. The van der Waals surface area contributed by atoms with Gasteiger partial charge in [-0.1, -0.05) is 50.1 Å². The molecule has 200 valence electrons. The fraction of sp³-hybridized carbons (Fsp3) is 0.607. The summed E-state index contributed by atoms with van der Waals surface area (Å²) in [5.41, 5.74) is 1.07. The smallest absolute Gasteiger partial charge is 0.289 e. The second kappa shape index (κ2) is 12.3. The third kappa shape index (κ3) is 7.87. The van der Waals surface area contributed by atoms with Crippen molar-refractivity contribution in [2.75, 3.05) is 6.54 Å². The molecule has 1 heterocycles. The van der Waals surface area contributed by atoms with Crippen LogP contribution in [0, 0.1) is 11.8 Å². The second-order valence-corrected chi connectivity index (χ2v) is 10.7. The zero-order valence-electron chi connectivity index (χ0n) is 21.5. The zero-order valence-corrected chi connectivity index (χ0v) is 21.5. The predicted octanol–water partition coefficient (Wildman–Crippen LogP) is 1.71. The molecule has 37 heavy (non-hydrogen) atoms. The van der Waals surface area contributed by atoms with E-state index in [9.17, 15) is 24.0 Å². The Morgan fingerprint density at radius 1 is 0.946 bits per heavy atom. The van der Waals surface area contributed by atoms with E-state index in [2.05, 4.69) is 21.3 Å². The van der Waals surface area contributed by atoms with Crippen LogP contribution in [0.4, 0.5) is 0 Å². The van der Waals surface area contributed by atoms with Crippen LogP contribution in [0.2, 0.25) is 0 Å². The standard InChI is InChI=1S/C28H38N4O5/c1-2-18(19-6-4-3-5-7-19)16-24(33)31-23(14-17-8-9-17)27(36)32-22(15-20-12-13-29-26(20)35)25(34)28(37)30-21-10-11-21/h3-7,17-18,20-23H,2,8-16H2,1H3,(H,29,35)(H,30,37)(H,31,33)(H,32,36)/t18?,20-,22?,23?/m0/s1. The lowest BCUT2D eigenvalue weighted by molar-refractivity contribution is -0.141. The Balaban J connectivity index is 1.42. The minimum Gasteiger partial charge on any atom is -0.356 e. The Kier molecular flexibility index (Phi) is 8.95. The van der Waals surface area contributed by atoms with E-state index < -0.39 is 35.6 Å². The first-order chi connectivity index (χ1) is 17.8. The van der Waals surface area contributed by atoms with Gasteiger partial charge < -0.3 is 21.3 Å². The van der Waals surface area contributed by atoms with Gasteiger partial charge >= 0.3 is 0 Å². The molecule has 0 radical (unpaired) electrons. The number of hydrogen-bond acceptors (Lipinski definition) is 5. The minimum atomic E-state index is -1.12. The summed E-state index contributed by atoms with van der Waals surface area (Å²) >= 11 is 0. The monoisotopic (exact) mass is 510 g/mol. The summed E-state index contributed by atoms with van der Waals surface area (Å²) in [4.78, 5) is 64.1. The molecule has 3 fully saturated rings. The molecule has 0 spiro atoms. The average molecular weight is 511 g/mol. The Bertz CT molecular complexity index is 1010. The van der Waals surface area contributed by atoms with Gasteiger partial charge in [-0.15, -0.1) is 0 Å². The maximum atomic E-state index is 13.4. The molecule has 1 aromatic rings. The van der Waals surface area contributed by atoms with E-state index in [1.807, 2.05) is 37.3 Å². The van der Waals surface area contributed by atoms with E-state index >= 15 is 0 Å². The van der Waals surface area contributed by atoms with Crippen molar-refractivity contribution in [3.63, 3.8) is 0 Å². The van der Waals surface area contributed by atoms with Crippen LogP contribution >= 0.6 is 0 Å². The highest BCUT2D eigenvalue weighted by molar-refractivity contribution is 6.38. The molecule has 4 rings (SSSR count). The van der Waals surface area contributed by atoms with Crippen molar-refractivity contribution >= 4 is 29.4 Å². The Morgan fingerprint density at radius 3 is 2.27 bits per heavy atom. The molecule has 4 N–H and O–H groups in total. The summed E-state index contributed by atoms with van der Waals surface area (Å²) in [6.45, 7) is 2.54. The highest BCUT2D eigenvalue weighted by Crippen LogP contribution is 2.34. The van der Waals surface area contributed by atoms with E-state index in [0.29, 0.717) is 25.3 Å². The maximum absolute atomic E-state index is 13.4. The zero-order chi connectivity index (χ0) is 26.4. The van der Waals surface area contributed by atoms with Crippen molar-refractivity contribution in [1.82, 2.24) is 21.3 Å². The summed E-state index contributed by atoms with van der Waals surface area (Å²) < 4.78 is 0. The number of amides is 4. The molecule has 1 aliphatic heterocycles. The van der Waals surface area contributed by atoms with Crippen LogP contribution < -0.4 is 21.3 Å². The summed E-state index contributed by atoms with van der Waals surface area (Å²) in [6.07, 6.45) is 5.78. The first-order valence-electron chi connectivity index (χ1n) is 13.6. The first-order valence-corrected chi connectivity index (χ1v) is 13.6. The van der Waals surface area contributed by atoms with Crippen LogP contribution in [0.15, 0.2) is 30.3 Å². The predicted molar refractivity (Wildman–Crippen MR) is 137 cm³/mol. The van der Waals surface area contributed by atoms with Crippen molar-refractivity contribution in [3.05, 3.63) is 35.9 Å². The highest BCUT2D eigenvalue weighted by Gasteiger charge is 2.38. The van der Waals surface area contributed by atoms with E-state index in [1.165, 1.54) is 0 Å². The third-order valence-electron chi connectivity index (χ3n) is 7.57. The normalized spacial score (nSPS) is 21.3. The van der Waals surface area contributed by atoms with Gasteiger partial charge in [0.25, 0.3) is 5.91 Å². The maximum Gasteiger partial charge on any atom is 0.289 e. The van der Waals surface area contributed by atoms with E-state index in [1.54, 1.807) is 0 Å². The van der Waals surface area contributed by atoms with Crippen molar-refractivity contribution in [2.45, 2.75) is 88.8 Å². The molecule has 4 amide bonds. The van der Waals surface area contributed by atoms with Gasteiger partial charge in [-0.3, -0.25) is 24.0 Å². The van der Waals surface area contributed by atoms with E-state index in [-0.39, 0.29) is 36.6 Å². The van der Waals surface area contributed by atoms with Crippen LogP contribution in [0.25, 0.3) is 0 Å². The molecule has 1 saturated heterocycles.